The molecule has 6 atom stereocenters. The van der Waals surface area contributed by atoms with Gasteiger partial charge in [0, 0.05) is 25.0 Å². The molecule has 40 heavy (non-hydrogen) atoms. The predicted octanol–water partition coefficient (Wildman–Crippen LogP) is 3.23. The standard InChI is InChI=1S/C31H49N3O5S/c1-30(2,3)33-29(37)26-18-23-13-8-9-14-24(23)20-34(26)21-27(35)25(17-22-11-6-5-7-12-22)32-28(36)19-31(4)15-10-16-40(31,38)39/h5-7,11-12,23-27,35H,8-10,13-21H2,1-4H3,(H,32,36)(H,33,37)/t23-,24+,25-,26-,27+,31?/m0/s1. The lowest BCUT2D eigenvalue weighted by Crippen LogP contribution is -2.60. The number of nitrogens with one attached hydrogen (secondary N) is 2. The van der Waals surface area contributed by atoms with Gasteiger partial charge in [0.25, 0.3) is 0 Å². The molecule has 3 aliphatic rings. The Balaban J connectivity index is 1.52. The van der Waals surface area contributed by atoms with Gasteiger partial charge in [0.1, 0.15) is 0 Å². The zero-order chi connectivity index (χ0) is 29.1. The number of benzene rings is 1. The first-order chi connectivity index (χ1) is 18.8. The SMILES string of the molecule is CC(C)(C)NC(=O)[C@@H]1C[C@@H]2CCCC[C@@H]2CN1C[C@@H](O)[C@H](Cc1ccccc1)NC(=O)CC1(C)CCCS1(=O)=O. The highest BCUT2D eigenvalue weighted by Gasteiger charge is 2.46. The van der Waals surface area contributed by atoms with E-state index in [0.717, 1.165) is 31.4 Å². The molecule has 1 saturated carbocycles. The number of piperidine rings is 1. The van der Waals surface area contributed by atoms with Crippen molar-refractivity contribution in [1.29, 1.82) is 0 Å². The van der Waals surface area contributed by atoms with E-state index in [9.17, 15) is 23.1 Å². The minimum absolute atomic E-state index is 0.00765. The van der Waals surface area contributed by atoms with Gasteiger partial charge in [-0.15, -0.1) is 0 Å². The first kappa shape index (κ1) is 31.0. The van der Waals surface area contributed by atoms with Crippen LogP contribution in [-0.2, 0) is 25.8 Å². The first-order valence-electron chi connectivity index (χ1n) is 15.1. The summed E-state index contributed by atoms with van der Waals surface area (Å²) in [6.07, 6.45) is 5.88. The van der Waals surface area contributed by atoms with Crippen molar-refractivity contribution < 1.29 is 23.1 Å². The maximum atomic E-state index is 13.4. The van der Waals surface area contributed by atoms with E-state index in [1.807, 2.05) is 51.1 Å². The van der Waals surface area contributed by atoms with E-state index in [2.05, 4.69) is 15.5 Å². The maximum absolute atomic E-state index is 13.4. The molecule has 0 spiro atoms. The summed E-state index contributed by atoms with van der Waals surface area (Å²) >= 11 is 0. The van der Waals surface area contributed by atoms with E-state index < -0.39 is 26.7 Å². The smallest absolute Gasteiger partial charge is 0.237 e. The molecular weight excluding hydrogens is 526 g/mol. The third-order valence-electron chi connectivity index (χ3n) is 9.24. The molecule has 224 valence electrons. The third kappa shape index (κ3) is 7.65. The van der Waals surface area contributed by atoms with E-state index in [4.69, 9.17) is 0 Å². The molecule has 1 unspecified atom stereocenters. The number of nitrogens with zero attached hydrogens (tertiary/aromatic N) is 1. The lowest BCUT2D eigenvalue weighted by atomic mass is 9.72. The molecule has 4 rings (SSSR count). The molecule has 2 heterocycles. The molecule has 0 bridgehead atoms. The van der Waals surface area contributed by atoms with Gasteiger partial charge in [-0.3, -0.25) is 14.5 Å². The van der Waals surface area contributed by atoms with Gasteiger partial charge in [0.05, 0.1) is 28.7 Å². The van der Waals surface area contributed by atoms with Gasteiger partial charge in [0.2, 0.25) is 11.8 Å². The Morgan fingerprint density at radius 2 is 1.77 bits per heavy atom. The summed E-state index contributed by atoms with van der Waals surface area (Å²) < 4.78 is 24.2. The van der Waals surface area contributed by atoms with Crippen LogP contribution in [0.2, 0.25) is 0 Å². The van der Waals surface area contributed by atoms with Gasteiger partial charge in [-0.05, 0) is 77.2 Å². The van der Waals surface area contributed by atoms with E-state index in [-0.39, 0.29) is 42.1 Å². The second kappa shape index (κ2) is 12.5. The summed E-state index contributed by atoms with van der Waals surface area (Å²) in [4.78, 5) is 28.8. The fourth-order valence-corrected chi connectivity index (χ4v) is 8.80. The van der Waals surface area contributed by atoms with Gasteiger partial charge in [-0.2, -0.15) is 0 Å². The summed E-state index contributed by atoms with van der Waals surface area (Å²) in [7, 11) is -3.34. The lowest BCUT2D eigenvalue weighted by molar-refractivity contribution is -0.133. The number of fused-ring (bicyclic) bond motifs is 1. The second-order valence-electron chi connectivity index (χ2n) is 13.7. The summed E-state index contributed by atoms with van der Waals surface area (Å²) in [6.45, 7) is 8.61. The number of aliphatic hydroxyl groups is 1. The quantitative estimate of drug-likeness (QED) is 0.417. The fraction of sp³-hybridized carbons (Fsp3) is 0.742. The van der Waals surface area contributed by atoms with Crippen LogP contribution < -0.4 is 10.6 Å². The van der Waals surface area contributed by atoms with Crippen molar-refractivity contribution in [3.05, 3.63) is 35.9 Å². The minimum Gasteiger partial charge on any atom is -0.390 e. The van der Waals surface area contributed by atoms with E-state index in [1.54, 1.807) is 6.92 Å². The number of carbonyl (C=O) groups is 2. The van der Waals surface area contributed by atoms with Crippen molar-refractivity contribution >= 4 is 21.7 Å². The molecule has 0 radical (unpaired) electrons. The topological polar surface area (TPSA) is 116 Å². The number of hydrogen-bond acceptors (Lipinski definition) is 6. The van der Waals surface area contributed by atoms with E-state index >= 15 is 0 Å². The first-order valence-corrected chi connectivity index (χ1v) is 16.7. The molecular formula is C31H49N3O5S. The number of sulfone groups is 1. The van der Waals surface area contributed by atoms with Crippen LogP contribution in [0.1, 0.15) is 84.6 Å². The molecule has 1 aliphatic carbocycles. The van der Waals surface area contributed by atoms with Crippen LogP contribution in [0, 0.1) is 11.8 Å². The van der Waals surface area contributed by atoms with Crippen molar-refractivity contribution in [2.45, 2.75) is 114 Å². The number of rotatable bonds is 9. The van der Waals surface area contributed by atoms with Gasteiger partial charge in [-0.25, -0.2) is 8.42 Å². The zero-order valence-electron chi connectivity index (χ0n) is 24.7. The zero-order valence-corrected chi connectivity index (χ0v) is 25.5. The number of amides is 2. The third-order valence-corrected chi connectivity index (χ3v) is 11.9. The Bertz CT molecular complexity index is 1140. The summed E-state index contributed by atoms with van der Waals surface area (Å²) in [5, 5.41) is 17.8. The van der Waals surface area contributed by atoms with Crippen molar-refractivity contribution in [3.8, 4) is 0 Å². The second-order valence-corrected chi connectivity index (χ2v) is 16.4. The molecule has 9 heteroatoms. The Labute approximate surface area is 240 Å². The normalized spacial score (nSPS) is 30.2. The number of β-amino-alcohol motifs (C(OH)–C–C–N with tert-alkyl or cyclic N) is 1. The summed E-state index contributed by atoms with van der Waals surface area (Å²) in [5.74, 6) is 0.774. The molecule has 1 aromatic rings. The van der Waals surface area contributed by atoms with E-state index in [1.165, 1.54) is 12.8 Å². The average Bonchev–Trinajstić information content (AvgIpc) is 3.13. The molecule has 1 aromatic carbocycles. The monoisotopic (exact) mass is 575 g/mol. The number of likely N-dealkylation sites (tertiary alicyclic amines) is 1. The lowest BCUT2D eigenvalue weighted by Gasteiger charge is -2.47. The highest BCUT2D eigenvalue weighted by atomic mass is 32.2. The number of hydrogen-bond donors (Lipinski definition) is 3. The largest absolute Gasteiger partial charge is 0.390 e. The molecule has 3 fully saturated rings. The van der Waals surface area contributed by atoms with Crippen LogP contribution in [0.5, 0.6) is 0 Å². The molecule has 2 aliphatic heterocycles. The van der Waals surface area contributed by atoms with Gasteiger partial charge in [-0.1, -0.05) is 49.6 Å². The molecule has 2 amide bonds. The Kier molecular flexibility index (Phi) is 9.67. The molecule has 0 aromatic heterocycles. The highest BCUT2D eigenvalue weighted by molar-refractivity contribution is 7.93. The summed E-state index contributed by atoms with van der Waals surface area (Å²) in [5.41, 5.74) is 0.616. The number of aliphatic hydroxyl groups excluding tert-OH is 1. The Morgan fingerprint density at radius 1 is 1.10 bits per heavy atom. The van der Waals surface area contributed by atoms with Crippen LogP contribution >= 0.6 is 0 Å². The minimum atomic E-state index is -3.34. The Hall–Kier alpha value is -1.97. The van der Waals surface area contributed by atoms with Gasteiger partial charge >= 0.3 is 0 Å². The summed E-state index contributed by atoms with van der Waals surface area (Å²) in [6, 6.07) is 8.75. The van der Waals surface area contributed by atoms with Crippen LogP contribution in [0.3, 0.4) is 0 Å². The van der Waals surface area contributed by atoms with Crippen molar-refractivity contribution in [2.75, 3.05) is 18.8 Å². The maximum Gasteiger partial charge on any atom is 0.237 e. The van der Waals surface area contributed by atoms with Crippen molar-refractivity contribution in [1.82, 2.24) is 15.5 Å². The van der Waals surface area contributed by atoms with Gasteiger partial charge < -0.3 is 15.7 Å². The highest BCUT2D eigenvalue weighted by Crippen LogP contribution is 2.39. The fourth-order valence-electron chi connectivity index (χ4n) is 6.98. The van der Waals surface area contributed by atoms with Gasteiger partial charge in [0.15, 0.2) is 9.84 Å². The number of carbonyl (C=O) groups excluding carboxylic acids is 2. The predicted molar refractivity (Wildman–Crippen MR) is 157 cm³/mol. The van der Waals surface area contributed by atoms with E-state index in [0.29, 0.717) is 31.1 Å². The Morgan fingerprint density at radius 3 is 2.40 bits per heavy atom. The van der Waals surface area contributed by atoms with Crippen LogP contribution in [-0.4, -0.2) is 77.6 Å². The van der Waals surface area contributed by atoms with Crippen molar-refractivity contribution in [2.24, 2.45) is 11.8 Å². The van der Waals surface area contributed by atoms with Crippen LogP contribution in [0.15, 0.2) is 30.3 Å². The molecule has 3 N–H and O–H groups in total. The van der Waals surface area contributed by atoms with Crippen molar-refractivity contribution in [3.63, 3.8) is 0 Å². The van der Waals surface area contributed by atoms with Crippen LogP contribution in [0.25, 0.3) is 0 Å². The molecule has 2 saturated heterocycles. The van der Waals surface area contributed by atoms with Crippen LogP contribution in [0.4, 0.5) is 0 Å². The molecule has 8 nitrogen and oxygen atoms in total. The average molecular weight is 576 g/mol.